The molecule has 0 bridgehead atoms. The Hall–Kier alpha value is -1.36. The quantitative estimate of drug-likeness (QED) is 0.906. The minimum absolute atomic E-state index is 0.0200. The number of fused-ring (bicyclic) bond motifs is 1. The Bertz CT molecular complexity index is 514. The average Bonchev–Trinajstić information content (AvgIpc) is 2.90. The Balaban J connectivity index is 1.84. The van der Waals surface area contributed by atoms with Crippen LogP contribution in [0.5, 0.6) is 0 Å². The third-order valence-electron chi connectivity index (χ3n) is 4.19. The summed E-state index contributed by atoms with van der Waals surface area (Å²) in [7, 11) is 0. The SMILES string of the molecule is CCC1C(=O)NCCN1C(=O)c1cc2c(s1)CCCC2. The molecular formula is C15H20N2O2S. The van der Waals surface area contributed by atoms with E-state index in [1.54, 1.807) is 16.2 Å². The van der Waals surface area contributed by atoms with E-state index in [2.05, 4.69) is 11.4 Å². The highest BCUT2D eigenvalue weighted by Gasteiger charge is 2.33. The monoisotopic (exact) mass is 292 g/mol. The van der Waals surface area contributed by atoms with Crippen LogP contribution in [0.3, 0.4) is 0 Å². The highest BCUT2D eigenvalue weighted by atomic mass is 32.1. The Labute approximate surface area is 123 Å². The molecule has 1 aromatic heterocycles. The standard InChI is InChI=1S/C15H20N2O2S/c1-2-11-14(18)16-7-8-17(11)15(19)13-9-10-5-3-4-6-12(10)20-13/h9,11H,2-8H2,1H3,(H,16,18). The summed E-state index contributed by atoms with van der Waals surface area (Å²) in [6, 6.07) is 1.75. The summed E-state index contributed by atoms with van der Waals surface area (Å²) >= 11 is 1.63. The molecular weight excluding hydrogens is 272 g/mol. The molecule has 1 saturated heterocycles. The summed E-state index contributed by atoms with van der Waals surface area (Å²) in [5.41, 5.74) is 1.35. The van der Waals surface area contributed by atoms with Gasteiger partial charge in [-0.05, 0) is 43.7 Å². The molecule has 0 radical (unpaired) electrons. The lowest BCUT2D eigenvalue weighted by molar-refractivity contribution is -0.127. The van der Waals surface area contributed by atoms with Crippen molar-refractivity contribution in [3.63, 3.8) is 0 Å². The number of hydrogen-bond donors (Lipinski definition) is 1. The molecule has 108 valence electrons. The zero-order valence-electron chi connectivity index (χ0n) is 11.8. The summed E-state index contributed by atoms with van der Waals surface area (Å²) in [6.45, 7) is 3.13. The predicted octanol–water partition coefficient (Wildman–Crippen LogP) is 1.98. The largest absolute Gasteiger partial charge is 0.353 e. The van der Waals surface area contributed by atoms with Crippen molar-refractivity contribution in [1.29, 1.82) is 0 Å². The van der Waals surface area contributed by atoms with E-state index >= 15 is 0 Å². The van der Waals surface area contributed by atoms with Crippen LogP contribution < -0.4 is 5.32 Å². The molecule has 1 unspecified atom stereocenters. The third-order valence-corrected chi connectivity index (χ3v) is 5.41. The van der Waals surface area contributed by atoms with Gasteiger partial charge >= 0.3 is 0 Å². The topological polar surface area (TPSA) is 49.4 Å². The lowest BCUT2D eigenvalue weighted by Gasteiger charge is -2.34. The van der Waals surface area contributed by atoms with Gasteiger partial charge in [-0.15, -0.1) is 11.3 Å². The first kappa shape index (κ1) is 13.6. The number of carbonyl (C=O) groups is 2. The molecule has 1 atom stereocenters. The summed E-state index contributed by atoms with van der Waals surface area (Å²) in [6.07, 6.45) is 5.32. The maximum absolute atomic E-state index is 12.7. The summed E-state index contributed by atoms with van der Waals surface area (Å²) in [5.74, 6) is 0.0134. The minimum atomic E-state index is -0.310. The van der Waals surface area contributed by atoms with E-state index in [1.807, 2.05) is 6.92 Å². The highest BCUT2D eigenvalue weighted by molar-refractivity contribution is 7.14. The molecule has 4 nitrogen and oxygen atoms in total. The molecule has 0 spiro atoms. The fraction of sp³-hybridized carbons (Fsp3) is 0.600. The van der Waals surface area contributed by atoms with Gasteiger partial charge in [0.15, 0.2) is 0 Å². The predicted molar refractivity (Wildman–Crippen MR) is 79.1 cm³/mol. The Morgan fingerprint density at radius 1 is 1.45 bits per heavy atom. The van der Waals surface area contributed by atoms with Gasteiger partial charge in [-0.2, -0.15) is 0 Å². The molecule has 1 aliphatic carbocycles. The highest BCUT2D eigenvalue weighted by Crippen LogP contribution is 2.31. The van der Waals surface area contributed by atoms with Gasteiger partial charge in [0.2, 0.25) is 5.91 Å². The smallest absolute Gasteiger partial charge is 0.264 e. The van der Waals surface area contributed by atoms with Crippen molar-refractivity contribution in [2.75, 3.05) is 13.1 Å². The van der Waals surface area contributed by atoms with Gasteiger partial charge in [0.05, 0.1) is 4.88 Å². The van der Waals surface area contributed by atoms with Crippen LogP contribution in [0, 0.1) is 0 Å². The van der Waals surface area contributed by atoms with Crippen molar-refractivity contribution in [3.05, 3.63) is 21.4 Å². The Morgan fingerprint density at radius 2 is 2.25 bits per heavy atom. The number of nitrogens with zero attached hydrogens (tertiary/aromatic N) is 1. The van der Waals surface area contributed by atoms with E-state index < -0.39 is 0 Å². The van der Waals surface area contributed by atoms with E-state index in [1.165, 1.54) is 23.3 Å². The van der Waals surface area contributed by atoms with Gasteiger partial charge in [-0.1, -0.05) is 6.92 Å². The second-order valence-corrected chi connectivity index (χ2v) is 6.62. The molecule has 2 amide bonds. The lowest BCUT2D eigenvalue weighted by atomic mass is 9.99. The second-order valence-electron chi connectivity index (χ2n) is 5.48. The van der Waals surface area contributed by atoms with Gasteiger partial charge in [-0.25, -0.2) is 0 Å². The maximum Gasteiger partial charge on any atom is 0.264 e. The van der Waals surface area contributed by atoms with Crippen LogP contribution in [0.4, 0.5) is 0 Å². The van der Waals surface area contributed by atoms with Crippen molar-refractivity contribution in [3.8, 4) is 0 Å². The summed E-state index contributed by atoms with van der Waals surface area (Å²) in [4.78, 5) is 28.5. The number of thiophene rings is 1. The van der Waals surface area contributed by atoms with Gasteiger partial charge in [0.1, 0.15) is 6.04 Å². The lowest BCUT2D eigenvalue weighted by Crippen LogP contribution is -2.56. The number of nitrogens with one attached hydrogen (secondary N) is 1. The van der Waals surface area contributed by atoms with Crippen LogP contribution in [0.2, 0.25) is 0 Å². The van der Waals surface area contributed by atoms with Gasteiger partial charge in [0.25, 0.3) is 5.91 Å². The fourth-order valence-corrected chi connectivity index (χ4v) is 4.31. The summed E-state index contributed by atoms with van der Waals surface area (Å²) < 4.78 is 0. The van der Waals surface area contributed by atoms with Crippen LogP contribution in [-0.2, 0) is 17.6 Å². The molecule has 1 fully saturated rings. The van der Waals surface area contributed by atoms with Gasteiger partial charge < -0.3 is 10.2 Å². The molecule has 1 N–H and O–H groups in total. The number of carbonyl (C=O) groups excluding carboxylic acids is 2. The number of aryl methyl sites for hydroxylation is 2. The van der Waals surface area contributed by atoms with Crippen LogP contribution in [-0.4, -0.2) is 35.8 Å². The van der Waals surface area contributed by atoms with Crippen LogP contribution in [0.15, 0.2) is 6.07 Å². The Morgan fingerprint density at radius 3 is 3.00 bits per heavy atom. The average molecular weight is 292 g/mol. The van der Waals surface area contributed by atoms with Crippen molar-refractivity contribution in [2.45, 2.75) is 45.1 Å². The molecule has 2 aliphatic rings. The number of amides is 2. The fourth-order valence-electron chi connectivity index (χ4n) is 3.10. The summed E-state index contributed by atoms with van der Waals surface area (Å²) in [5, 5.41) is 2.84. The number of piperazine rings is 1. The molecule has 1 aliphatic heterocycles. The van der Waals surface area contributed by atoms with E-state index in [0.717, 1.165) is 17.7 Å². The normalized spacial score (nSPS) is 22.4. The van der Waals surface area contributed by atoms with Gasteiger partial charge in [0, 0.05) is 18.0 Å². The third kappa shape index (κ3) is 2.35. The van der Waals surface area contributed by atoms with Crippen molar-refractivity contribution < 1.29 is 9.59 Å². The van der Waals surface area contributed by atoms with Crippen molar-refractivity contribution in [1.82, 2.24) is 10.2 Å². The van der Waals surface area contributed by atoms with E-state index in [9.17, 15) is 9.59 Å². The molecule has 2 heterocycles. The molecule has 1 aromatic rings. The molecule has 5 heteroatoms. The Kier molecular flexibility index (Phi) is 3.78. The first-order valence-electron chi connectivity index (χ1n) is 7.41. The van der Waals surface area contributed by atoms with Gasteiger partial charge in [-0.3, -0.25) is 9.59 Å². The second kappa shape index (κ2) is 5.56. The van der Waals surface area contributed by atoms with E-state index in [0.29, 0.717) is 19.5 Å². The molecule has 3 rings (SSSR count). The van der Waals surface area contributed by atoms with Crippen LogP contribution >= 0.6 is 11.3 Å². The van der Waals surface area contributed by atoms with Crippen molar-refractivity contribution in [2.24, 2.45) is 0 Å². The first-order chi connectivity index (χ1) is 9.70. The van der Waals surface area contributed by atoms with E-state index in [4.69, 9.17) is 0 Å². The number of hydrogen-bond acceptors (Lipinski definition) is 3. The first-order valence-corrected chi connectivity index (χ1v) is 8.22. The molecule has 20 heavy (non-hydrogen) atoms. The zero-order valence-corrected chi connectivity index (χ0v) is 12.6. The molecule has 0 aromatic carbocycles. The van der Waals surface area contributed by atoms with Crippen molar-refractivity contribution >= 4 is 23.2 Å². The van der Waals surface area contributed by atoms with Crippen LogP contribution in [0.25, 0.3) is 0 Å². The molecule has 0 saturated carbocycles. The maximum atomic E-state index is 12.7. The minimum Gasteiger partial charge on any atom is -0.353 e. The van der Waals surface area contributed by atoms with Crippen LogP contribution in [0.1, 0.15) is 46.3 Å². The van der Waals surface area contributed by atoms with E-state index in [-0.39, 0.29) is 17.9 Å². The zero-order chi connectivity index (χ0) is 14.1. The number of rotatable bonds is 2.